The summed E-state index contributed by atoms with van der Waals surface area (Å²) in [6.07, 6.45) is 4.98. The summed E-state index contributed by atoms with van der Waals surface area (Å²) in [4.78, 5) is 0. The van der Waals surface area contributed by atoms with Gasteiger partial charge < -0.3 is 14.6 Å². The van der Waals surface area contributed by atoms with Crippen molar-refractivity contribution < 1.29 is 19.0 Å². The Hall–Kier alpha value is -1.57. The van der Waals surface area contributed by atoms with Gasteiger partial charge in [0.1, 0.15) is 12.7 Å². The highest BCUT2D eigenvalue weighted by atomic mass is 19.1. The molecule has 2 aliphatic rings. The Kier molecular flexibility index (Phi) is 4.14. The molecule has 1 heterocycles. The zero-order valence-electron chi connectivity index (χ0n) is 11.9. The van der Waals surface area contributed by atoms with E-state index >= 15 is 0 Å². The Bertz CT molecular complexity index is 569. The monoisotopic (exact) mass is 290 g/mol. The Morgan fingerprint density at radius 3 is 3.00 bits per heavy atom. The molecular weight excluding hydrogens is 271 g/mol. The summed E-state index contributed by atoms with van der Waals surface area (Å²) in [7, 11) is 0. The summed E-state index contributed by atoms with van der Waals surface area (Å²) >= 11 is 0. The highest BCUT2D eigenvalue weighted by Crippen LogP contribution is 2.43. The van der Waals surface area contributed by atoms with Gasteiger partial charge in [0.15, 0.2) is 11.6 Å². The highest BCUT2D eigenvalue weighted by molar-refractivity contribution is 5.40. The first kappa shape index (κ1) is 14.4. The van der Waals surface area contributed by atoms with Crippen molar-refractivity contribution >= 4 is 0 Å². The van der Waals surface area contributed by atoms with Crippen LogP contribution >= 0.6 is 0 Å². The molecule has 4 heteroatoms. The molecule has 1 atom stereocenters. The van der Waals surface area contributed by atoms with Crippen LogP contribution in [-0.2, 0) is 4.74 Å². The topological polar surface area (TPSA) is 38.7 Å². The normalized spacial score (nSPS) is 23.0. The summed E-state index contributed by atoms with van der Waals surface area (Å²) in [5, 5.41) is 8.71. The number of aliphatic hydroxyl groups is 1. The Morgan fingerprint density at radius 1 is 1.43 bits per heavy atom. The van der Waals surface area contributed by atoms with Crippen molar-refractivity contribution in [2.24, 2.45) is 0 Å². The van der Waals surface area contributed by atoms with E-state index in [1.54, 1.807) is 12.1 Å². The molecule has 1 aliphatic heterocycles. The first-order valence-electron chi connectivity index (χ1n) is 7.41. The van der Waals surface area contributed by atoms with Crippen LogP contribution in [0.1, 0.15) is 37.7 Å². The number of rotatable bonds is 2. The Balaban J connectivity index is 1.71. The number of ether oxygens (including phenoxy) is 2. The van der Waals surface area contributed by atoms with Crippen LogP contribution in [0.4, 0.5) is 4.39 Å². The van der Waals surface area contributed by atoms with E-state index in [2.05, 4.69) is 11.8 Å². The van der Waals surface area contributed by atoms with Crippen LogP contribution in [0.25, 0.3) is 0 Å². The van der Waals surface area contributed by atoms with Crippen molar-refractivity contribution in [1.82, 2.24) is 0 Å². The van der Waals surface area contributed by atoms with Crippen molar-refractivity contribution in [2.45, 2.75) is 43.8 Å². The van der Waals surface area contributed by atoms with Gasteiger partial charge in [0.25, 0.3) is 0 Å². The van der Waals surface area contributed by atoms with Crippen molar-refractivity contribution in [1.29, 1.82) is 0 Å². The summed E-state index contributed by atoms with van der Waals surface area (Å²) in [6.45, 7) is 0.465. The molecule has 0 radical (unpaired) electrons. The van der Waals surface area contributed by atoms with Crippen molar-refractivity contribution in [3.05, 3.63) is 29.6 Å². The van der Waals surface area contributed by atoms with Gasteiger partial charge in [-0.25, -0.2) is 4.39 Å². The van der Waals surface area contributed by atoms with Crippen LogP contribution in [0, 0.1) is 17.7 Å². The van der Waals surface area contributed by atoms with Gasteiger partial charge in [-0.15, -0.1) is 0 Å². The van der Waals surface area contributed by atoms with E-state index in [1.165, 1.54) is 12.5 Å². The highest BCUT2D eigenvalue weighted by Gasteiger charge is 2.43. The van der Waals surface area contributed by atoms with Gasteiger partial charge in [0.2, 0.25) is 0 Å². The average Bonchev–Trinajstić information content (AvgIpc) is 2.47. The number of hydrogen-bond acceptors (Lipinski definition) is 3. The molecule has 1 N–H and O–H groups in total. The summed E-state index contributed by atoms with van der Waals surface area (Å²) in [5.74, 6) is 5.18. The largest absolute Gasteiger partial charge is 0.487 e. The lowest BCUT2D eigenvalue weighted by molar-refractivity contribution is -0.153. The zero-order chi connectivity index (χ0) is 14.7. The lowest BCUT2D eigenvalue weighted by Gasteiger charge is -2.46. The molecule has 21 heavy (non-hydrogen) atoms. The number of hydrogen-bond donors (Lipinski definition) is 1. The third-order valence-electron chi connectivity index (χ3n) is 4.25. The first-order chi connectivity index (χ1) is 10.2. The third kappa shape index (κ3) is 3.20. The number of halogens is 1. The van der Waals surface area contributed by atoms with E-state index in [1.807, 2.05) is 0 Å². The minimum atomic E-state index is -0.376. The molecule has 0 amide bonds. The second kappa shape index (κ2) is 6.05. The van der Waals surface area contributed by atoms with E-state index < -0.39 is 0 Å². The van der Waals surface area contributed by atoms with Crippen molar-refractivity contribution in [3.63, 3.8) is 0 Å². The second-order valence-corrected chi connectivity index (χ2v) is 5.72. The molecule has 0 aromatic heterocycles. The van der Waals surface area contributed by atoms with E-state index in [9.17, 15) is 4.39 Å². The molecule has 112 valence electrons. The molecule has 0 bridgehead atoms. The first-order valence-corrected chi connectivity index (χ1v) is 7.41. The maximum atomic E-state index is 13.9. The van der Waals surface area contributed by atoms with Crippen LogP contribution in [0.3, 0.4) is 0 Å². The van der Waals surface area contributed by atoms with E-state index in [-0.39, 0.29) is 29.9 Å². The lowest BCUT2D eigenvalue weighted by Crippen LogP contribution is -2.48. The summed E-state index contributed by atoms with van der Waals surface area (Å²) in [6, 6.07) is 4.54. The van der Waals surface area contributed by atoms with Crippen molar-refractivity contribution in [3.8, 4) is 17.6 Å². The van der Waals surface area contributed by atoms with Crippen LogP contribution in [0.15, 0.2) is 18.2 Å². The van der Waals surface area contributed by atoms with Crippen LogP contribution in [0.2, 0.25) is 0 Å². The molecule has 1 saturated carbocycles. The average molecular weight is 290 g/mol. The fourth-order valence-electron chi connectivity index (χ4n) is 3.00. The van der Waals surface area contributed by atoms with E-state index in [0.29, 0.717) is 12.2 Å². The molecule has 1 aromatic carbocycles. The number of aliphatic hydroxyl groups excluding tert-OH is 1. The molecule has 1 spiro atoms. The molecule has 2 fully saturated rings. The van der Waals surface area contributed by atoms with Gasteiger partial charge in [-0.3, -0.25) is 0 Å². The van der Waals surface area contributed by atoms with Crippen LogP contribution in [0.5, 0.6) is 5.75 Å². The molecule has 1 aliphatic carbocycles. The maximum absolute atomic E-state index is 13.9. The predicted molar refractivity (Wildman–Crippen MR) is 76.5 cm³/mol. The Morgan fingerprint density at radius 2 is 2.29 bits per heavy atom. The SMILES string of the molecule is OCC#Cc1ccc(F)c(OC2CCOC3(CCC3)C2)c1. The maximum Gasteiger partial charge on any atom is 0.165 e. The fraction of sp³-hybridized carbons (Fsp3) is 0.529. The van der Waals surface area contributed by atoms with Gasteiger partial charge in [0, 0.05) is 18.4 Å². The molecule has 1 unspecified atom stereocenters. The predicted octanol–water partition coefficient (Wildman–Crippen LogP) is 2.65. The summed E-state index contributed by atoms with van der Waals surface area (Å²) in [5.41, 5.74) is 0.624. The molecular formula is C17H19FO3. The van der Waals surface area contributed by atoms with E-state index in [4.69, 9.17) is 14.6 Å². The minimum Gasteiger partial charge on any atom is -0.487 e. The van der Waals surface area contributed by atoms with Gasteiger partial charge in [-0.2, -0.15) is 0 Å². The van der Waals surface area contributed by atoms with Gasteiger partial charge in [-0.1, -0.05) is 11.8 Å². The van der Waals surface area contributed by atoms with Gasteiger partial charge in [-0.05, 0) is 37.5 Å². The second-order valence-electron chi connectivity index (χ2n) is 5.72. The standard InChI is InChI=1S/C17H19FO3/c18-15-5-4-13(3-1-9-19)11-16(15)21-14-6-10-20-17(12-14)7-2-8-17/h4-5,11,14,19H,2,6-10,12H2. The van der Waals surface area contributed by atoms with Crippen LogP contribution < -0.4 is 4.74 Å². The molecule has 3 nitrogen and oxygen atoms in total. The van der Waals surface area contributed by atoms with Crippen LogP contribution in [-0.4, -0.2) is 30.0 Å². The number of benzene rings is 1. The fourth-order valence-corrected chi connectivity index (χ4v) is 3.00. The quantitative estimate of drug-likeness (QED) is 0.851. The molecule has 1 saturated heterocycles. The molecule has 1 aromatic rings. The van der Waals surface area contributed by atoms with Gasteiger partial charge >= 0.3 is 0 Å². The molecule has 3 rings (SSSR count). The lowest BCUT2D eigenvalue weighted by atomic mass is 9.74. The minimum absolute atomic E-state index is 0.00500. The van der Waals surface area contributed by atoms with E-state index in [0.717, 1.165) is 25.7 Å². The smallest absolute Gasteiger partial charge is 0.165 e. The zero-order valence-corrected chi connectivity index (χ0v) is 11.9. The Labute approximate surface area is 124 Å². The summed E-state index contributed by atoms with van der Waals surface area (Å²) < 4.78 is 25.6. The third-order valence-corrected chi connectivity index (χ3v) is 4.25. The van der Waals surface area contributed by atoms with Gasteiger partial charge in [0.05, 0.1) is 12.2 Å². The van der Waals surface area contributed by atoms with Crippen molar-refractivity contribution in [2.75, 3.05) is 13.2 Å².